The standard InChI is InChI=1S/C19H31NO3/c1-6-10-16(11-7-2)20(18(21)8-3)14-15-12-9-13-17(22-4)19(15)23-5/h9,12-13,16H,6-8,10-11,14H2,1-5H3. The lowest BCUT2D eigenvalue weighted by atomic mass is 10.0. The molecule has 4 heteroatoms. The molecule has 1 amide bonds. The van der Waals surface area contributed by atoms with Crippen LogP contribution in [0.1, 0.15) is 58.4 Å². The van der Waals surface area contributed by atoms with Gasteiger partial charge in [0, 0.05) is 24.6 Å². The Hall–Kier alpha value is -1.71. The number of carbonyl (C=O) groups excluding carboxylic acids is 1. The molecule has 0 N–H and O–H groups in total. The van der Waals surface area contributed by atoms with E-state index in [-0.39, 0.29) is 11.9 Å². The summed E-state index contributed by atoms with van der Waals surface area (Å²) in [6, 6.07) is 6.11. The molecular formula is C19H31NO3. The van der Waals surface area contributed by atoms with Crippen molar-refractivity contribution in [2.24, 2.45) is 0 Å². The molecular weight excluding hydrogens is 290 g/mol. The molecule has 0 radical (unpaired) electrons. The van der Waals surface area contributed by atoms with Crippen LogP contribution in [0.15, 0.2) is 18.2 Å². The molecule has 0 aliphatic heterocycles. The lowest BCUT2D eigenvalue weighted by Gasteiger charge is -2.32. The van der Waals surface area contributed by atoms with E-state index in [0.717, 1.165) is 37.0 Å². The number of hydrogen-bond acceptors (Lipinski definition) is 3. The van der Waals surface area contributed by atoms with Gasteiger partial charge in [0.15, 0.2) is 11.5 Å². The average Bonchev–Trinajstić information content (AvgIpc) is 2.58. The zero-order valence-electron chi connectivity index (χ0n) is 15.2. The topological polar surface area (TPSA) is 38.8 Å². The van der Waals surface area contributed by atoms with Crippen LogP contribution in [0.2, 0.25) is 0 Å². The number of methoxy groups -OCH3 is 2. The number of nitrogens with zero attached hydrogens (tertiary/aromatic N) is 1. The van der Waals surface area contributed by atoms with Crippen molar-refractivity contribution in [1.82, 2.24) is 4.90 Å². The van der Waals surface area contributed by atoms with Gasteiger partial charge in [0.1, 0.15) is 0 Å². The molecule has 0 aromatic heterocycles. The van der Waals surface area contributed by atoms with Gasteiger partial charge in [-0.1, -0.05) is 45.7 Å². The summed E-state index contributed by atoms with van der Waals surface area (Å²) in [5.41, 5.74) is 0.992. The highest BCUT2D eigenvalue weighted by molar-refractivity contribution is 5.76. The quantitative estimate of drug-likeness (QED) is 0.640. The van der Waals surface area contributed by atoms with Gasteiger partial charge in [0.2, 0.25) is 5.91 Å². The molecule has 0 saturated heterocycles. The zero-order chi connectivity index (χ0) is 17.2. The van der Waals surface area contributed by atoms with Crippen molar-refractivity contribution >= 4 is 5.91 Å². The van der Waals surface area contributed by atoms with Crippen molar-refractivity contribution in [2.45, 2.75) is 65.5 Å². The van der Waals surface area contributed by atoms with Crippen LogP contribution in [-0.4, -0.2) is 31.1 Å². The SMILES string of the molecule is CCCC(CCC)N(Cc1cccc(OC)c1OC)C(=O)CC. The van der Waals surface area contributed by atoms with Gasteiger partial charge in [-0.3, -0.25) is 4.79 Å². The minimum atomic E-state index is 0.196. The summed E-state index contributed by atoms with van der Waals surface area (Å²) in [4.78, 5) is 14.5. The maximum atomic E-state index is 12.5. The highest BCUT2D eigenvalue weighted by Crippen LogP contribution is 2.32. The molecule has 1 aromatic rings. The Balaban J connectivity index is 3.12. The van der Waals surface area contributed by atoms with E-state index in [1.54, 1.807) is 14.2 Å². The average molecular weight is 321 g/mol. The molecule has 0 atom stereocenters. The first-order chi connectivity index (χ1) is 11.1. The molecule has 0 aliphatic carbocycles. The smallest absolute Gasteiger partial charge is 0.222 e. The van der Waals surface area contributed by atoms with Crippen LogP contribution in [-0.2, 0) is 11.3 Å². The summed E-state index contributed by atoms with van der Waals surface area (Å²) in [6.07, 6.45) is 4.74. The summed E-state index contributed by atoms with van der Waals surface area (Å²) in [6.45, 7) is 6.83. The summed E-state index contributed by atoms with van der Waals surface area (Å²) in [5, 5.41) is 0. The Kier molecular flexibility index (Phi) is 8.52. The third-order valence-electron chi connectivity index (χ3n) is 4.13. The van der Waals surface area contributed by atoms with E-state index in [9.17, 15) is 4.79 Å². The second-order valence-corrected chi connectivity index (χ2v) is 5.76. The van der Waals surface area contributed by atoms with Crippen molar-refractivity contribution in [3.8, 4) is 11.5 Å². The second-order valence-electron chi connectivity index (χ2n) is 5.76. The molecule has 1 aromatic carbocycles. The first-order valence-corrected chi connectivity index (χ1v) is 8.62. The van der Waals surface area contributed by atoms with E-state index in [1.165, 1.54) is 0 Å². The number of ether oxygens (including phenoxy) is 2. The van der Waals surface area contributed by atoms with Crippen LogP contribution in [0, 0.1) is 0 Å². The number of para-hydroxylation sites is 1. The molecule has 0 heterocycles. The van der Waals surface area contributed by atoms with Crippen LogP contribution in [0.4, 0.5) is 0 Å². The highest BCUT2D eigenvalue weighted by Gasteiger charge is 2.23. The van der Waals surface area contributed by atoms with E-state index in [2.05, 4.69) is 13.8 Å². The van der Waals surface area contributed by atoms with Gasteiger partial charge in [-0.05, 0) is 18.9 Å². The number of carbonyl (C=O) groups is 1. The van der Waals surface area contributed by atoms with Crippen LogP contribution >= 0.6 is 0 Å². The maximum Gasteiger partial charge on any atom is 0.222 e. The molecule has 0 fully saturated rings. The van der Waals surface area contributed by atoms with Crippen molar-refractivity contribution in [2.75, 3.05) is 14.2 Å². The molecule has 130 valence electrons. The zero-order valence-corrected chi connectivity index (χ0v) is 15.2. The van der Waals surface area contributed by atoms with Crippen LogP contribution in [0.5, 0.6) is 11.5 Å². The van der Waals surface area contributed by atoms with Gasteiger partial charge < -0.3 is 14.4 Å². The van der Waals surface area contributed by atoms with E-state index in [1.807, 2.05) is 30.0 Å². The largest absolute Gasteiger partial charge is 0.493 e. The summed E-state index contributed by atoms with van der Waals surface area (Å²) >= 11 is 0. The van der Waals surface area contributed by atoms with Crippen molar-refractivity contribution in [1.29, 1.82) is 0 Å². The first kappa shape index (κ1) is 19.3. The fourth-order valence-electron chi connectivity index (χ4n) is 3.01. The van der Waals surface area contributed by atoms with Crippen LogP contribution < -0.4 is 9.47 Å². The van der Waals surface area contributed by atoms with Gasteiger partial charge in [0.25, 0.3) is 0 Å². The third-order valence-corrected chi connectivity index (χ3v) is 4.13. The van der Waals surface area contributed by atoms with Crippen molar-refractivity contribution < 1.29 is 14.3 Å². The molecule has 4 nitrogen and oxygen atoms in total. The number of benzene rings is 1. The molecule has 0 saturated carbocycles. The van der Waals surface area contributed by atoms with Crippen molar-refractivity contribution in [3.05, 3.63) is 23.8 Å². The first-order valence-electron chi connectivity index (χ1n) is 8.62. The van der Waals surface area contributed by atoms with Gasteiger partial charge in [0.05, 0.1) is 14.2 Å². The maximum absolute atomic E-state index is 12.5. The van der Waals surface area contributed by atoms with E-state index < -0.39 is 0 Å². The van der Waals surface area contributed by atoms with E-state index in [4.69, 9.17) is 9.47 Å². The fourth-order valence-corrected chi connectivity index (χ4v) is 3.01. The number of rotatable bonds is 10. The molecule has 23 heavy (non-hydrogen) atoms. The Labute approximate surface area is 140 Å². The molecule has 1 rings (SSSR count). The Bertz CT molecular complexity index is 482. The predicted molar refractivity (Wildman–Crippen MR) is 94.0 cm³/mol. The fraction of sp³-hybridized carbons (Fsp3) is 0.632. The second kappa shape index (κ2) is 10.1. The van der Waals surface area contributed by atoms with Gasteiger partial charge in [-0.15, -0.1) is 0 Å². The summed E-state index contributed by atoms with van der Waals surface area (Å²) < 4.78 is 10.9. The summed E-state index contributed by atoms with van der Waals surface area (Å²) in [7, 11) is 3.27. The normalized spacial score (nSPS) is 10.7. The molecule has 0 bridgehead atoms. The van der Waals surface area contributed by atoms with Crippen molar-refractivity contribution in [3.63, 3.8) is 0 Å². The van der Waals surface area contributed by atoms with Crippen LogP contribution in [0.3, 0.4) is 0 Å². The Morgan fingerprint density at radius 2 is 1.74 bits per heavy atom. The van der Waals surface area contributed by atoms with Gasteiger partial charge in [-0.2, -0.15) is 0 Å². The lowest BCUT2D eigenvalue weighted by molar-refractivity contribution is -0.134. The predicted octanol–water partition coefficient (Wildman–Crippen LogP) is 4.41. The van der Waals surface area contributed by atoms with Crippen LogP contribution in [0.25, 0.3) is 0 Å². The van der Waals surface area contributed by atoms with E-state index >= 15 is 0 Å². The third kappa shape index (κ3) is 5.15. The monoisotopic (exact) mass is 321 g/mol. The van der Waals surface area contributed by atoms with E-state index in [0.29, 0.717) is 18.7 Å². The minimum Gasteiger partial charge on any atom is -0.493 e. The van der Waals surface area contributed by atoms with Gasteiger partial charge in [-0.25, -0.2) is 0 Å². The highest BCUT2D eigenvalue weighted by atomic mass is 16.5. The Morgan fingerprint density at radius 3 is 2.22 bits per heavy atom. The molecule has 0 aliphatic rings. The Morgan fingerprint density at radius 1 is 1.09 bits per heavy atom. The van der Waals surface area contributed by atoms with Gasteiger partial charge >= 0.3 is 0 Å². The number of amides is 1. The minimum absolute atomic E-state index is 0.196. The summed E-state index contributed by atoms with van der Waals surface area (Å²) in [5.74, 6) is 1.62. The lowest BCUT2D eigenvalue weighted by Crippen LogP contribution is -2.39. The number of hydrogen-bond donors (Lipinski definition) is 0. The molecule has 0 unspecified atom stereocenters. The molecule has 0 spiro atoms.